The van der Waals surface area contributed by atoms with E-state index in [1.54, 1.807) is 7.11 Å². The van der Waals surface area contributed by atoms with Crippen molar-refractivity contribution < 1.29 is 4.74 Å². The van der Waals surface area contributed by atoms with Gasteiger partial charge in [0.05, 0.1) is 12.8 Å². The smallest absolute Gasteiger partial charge is 0.118 e. The minimum absolute atomic E-state index is 0.475. The fourth-order valence-corrected chi connectivity index (χ4v) is 1.50. The van der Waals surface area contributed by atoms with Crippen LogP contribution >= 0.6 is 0 Å². The Bertz CT molecular complexity index is 403. The molecule has 0 aliphatic carbocycles. The Balaban J connectivity index is 2.28. The summed E-state index contributed by atoms with van der Waals surface area (Å²) in [7, 11) is 1.66. The lowest BCUT2D eigenvalue weighted by molar-refractivity contribution is 0.415. The third kappa shape index (κ3) is 2.20. The number of hydrogen-bond donors (Lipinski definition) is 1. The van der Waals surface area contributed by atoms with Gasteiger partial charge in [-0.25, -0.2) is 0 Å². The molecule has 0 aliphatic heterocycles. The Hall–Kier alpha value is -1.87. The summed E-state index contributed by atoms with van der Waals surface area (Å²) in [5.74, 6) is 0.857. The van der Waals surface area contributed by atoms with E-state index in [4.69, 9.17) is 10.5 Å². The third-order valence-electron chi connectivity index (χ3n) is 2.46. The van der Waals surface area contributed by atoms with Crippen molar-refractivity contribution in [1.82, 2.24) is 4.98 Å². The summed E-state index contributed by atoms with van der Waals surface area (Å²) in [6, 6.07) is 11.9. The molecule has 1 heterocycles. The van der Waals surface area contributed by atoms with Crippen LogP contribution in [0.4, 0.5) is 0 Å². The number of aromatic nitrogens is 1. The highest BCUT2D eigenvalue weighted by Crippen LogP contribution is 2.21. The molecule has 3 nitrogen and oxygen atoms in total. The standard InChI is InChI=1S/C13H14N2O/c1-16-13-6-3-10(4-7-13)11-2-5-12(8-14)15-9-11/h2-7,9H,8,14H2,1H3. The molecule has 0 saturated carbocycles. The topological polar surface area (TPSA) is 48.1 Å². The van der Waals surface area contributed by atoms with Gasteiger partial charge in [0.15, 0.2) is 0 Å². The van der Waals surface area contributed by atoms with E-state index in [1.165, 1.54) is 0 Å². The minimum Gasteiger partial charge on any atom is -0.497 e. The summed E-state index contributed by atoms with van der Waals surface area (Å²) in [5, 5.41) is 0. The van der Waals surface area contributed by atoms with E-state index in [9.17, 15) is 0 Å². The van der Waals surface area contributed by atoms with E-state index in [2.05, 4.69) is 4.98 Å². The lowest BCUT2D eigenvalue weighted by Crippen LogP contribution is -1.98. The summed E-state index contributed by atoms with van der Waals surface area (Å²) >= 11 is 0. The van der Waals surface area contributed by atoms with Crippen LogP contribution in [-0.4, -0.2) is 12.1 Å². The van der Waals surface area contributed by atoms with Crippen molar-refractivity contribution in [1.29, 1.82) is 0 Å². The van der Waals surface area contributed by atoms with E-state index in [0.29, 0.717) is 6.54 Å². The Kier molecular flexibility index (Phi) is 3.17. The first-order valence-electron chi connectivity index (χ1n) is 5.13. The van der Waals surface area contributed by atoms with Gasteiger partial charge in [-0.3, -0.25) is 4.98 Å². The number of nitrogens with zero attached hydrogens (tertiary/aromatic N) is 1. The van der Waals surface area contributed by atoms with Crippen LogP contribution in [0, 0.1) is 0 Å². The molecule has 0 radical (unpaired) electrons. The molecule has 0 aliphatic rings. The average molecular weight is 214 g/mol. The van der Waals surface area contributed by atoms with Crippen molar-refractivity contribution in [3.05, 3.63) is 48.3 Å². The van der Waals surface area contributed by atoms with Crippen molar-refractivity contribution in [2.45, 2.75) is 6.54 Å². The largest absolute Gasteiger partial charge is 0.497 e. The summed E-state index contributed by atoms with van der Waals surface area (Å²) in [4.78, 5) is 4.26. The van der Waals surface area contributed by atoms with Crippen LogP contribution in [0.3, 0.4) is 0 Å². The van der Waals surface area contributed by atoms with E-state index in [1.807, 2.05) is 42.6 Å². The highest BCUT2D eigenvalue weighted by Gasteiger charge is 1.99. The van der Waals surface area contributed by atoms with Crippen molar-refractivity contribution in [2.75, 3.05) is 7.11 Å². The monoisotopic (exact) mass is 214 g/mol. The van der Waals surface area contributed by atoms with Gasteiger partial charge >= 0.3 is 0 Å². The molecule has 0 unspecified atom stereocenters. The van der Waals surface area contributed by atoms with Gasteiger partial charge in [0.2, 0.25) is 0 Å². The van der Waals surface area contributed by atoms with Crippen LogP contribution in [0.15, 0.2) is 42.6 Å². The van der Waals surface area contributed by atoms with Crippen molar-refractivity contribution in [2.24, 2.45) is 5.73 Å². The van der Waals surface area contributed by atoms with E-state index in [-0.39, 0.29) is 0 Å². The number of benzene rings is 1. The molecule has 0 spiro atoms. The number of hydrogen-bond acceptors (Lipinski definition) is 3. The molecule has 1 aromatic carbocycles. The zero-order valence-electron chi connectivity index (χ0n) is 9.18. The lowest BCUT2D eigenvalue weighted by atomic mass is 10.1. The molecule has 0 fully saturated rings. The fourth-order valence-electron chi connectivity index (χ4n) is 1.50. The van der Waals surface area contributed by atoms with Crippen LogP contribution in [0.1, 0.15) is 5.69 Å². The Morgan fingerprint density at radius 1 is 1.06 bits per heavy atom. The molecular formula is C13H14N2O. The van der Waals surface area contributed by atoms with E-state index < -0.39 is 0 Å². The lowest BCUT2D eigenvalue weighted by Gasteiger charge is -2.04. The first kappa shape index (κ1) is 10.6. The van der Waals surface area contributed by atoms with Gasteiger partial charge in [0.1, 0.15) is 5.75 Å². The summed E-state index contributed by atoms with van der Waals surface area (Å²) in [6.07, 6.45) is 1.84. The second kappa shape index (κ2) is 4.77. The maximum Gasteiger partial charge on any atom is 0.118 e. The number of methoxy groups -OCH3 is 1. The molecule has 0 bridgehead atoms. The Morgan fingerprint density at radius 3 is 2.25 bits per heavy atom. The van der Waals surface area contributed by atoms with Gasteiger partial charge < -0.3 is 10.5 Å². The van der Waals surface area contributed by atoms with Gasteiger partial charge in [-0.15, -0.1) is 0 Å². The zero-order chi connectivity index (χ0) is 11.4. The number of nitrogens with two attached hydrogens (primary N) is 1. The normalized spacial score (nSPS) is 10.1. The molecule has 82 valence electrons. The fraction of sp³-hybridized carbons (Fsp3) is 0.154. The van der Waals surface area contributed by atoms with Crippen LogP contribution in [-0.2, 0) is 6.54 Å². The molecule has 3 heteroatoms. The molecular weight excluding hydrogens is 200 g/mol. The second-order valence-corrected chi connectivity index (χ2v) is 3.47. The van der Waals surface area contributed by atoms with Crippen LogP contribution < -0.4 is 10.5 Å². The van der Waals surface area contributed by atoms with Crippen molar-refractivity contribution in [3.63, 3.8) is 0 Å². The highest BCUT2D eigenvalue weighted by molar-refractivity contribution is 5.63. The molecule has 16 heavy (non-hydrogen) atoms. The predicted octanol–water partition coefficient (Wildman–Crippen LogP) is 2.22. The molecule has 1 aromatic heterocycles. The summed E-state index contributed by atoms with van der Waals surface area (Å²) < 4.78 is 5.11. The minimum atomic E-state index is 0.475. The maximum atomic E-state index is 5.50. The van der Waals surface area contributed by atoms with Crippen LogP contribution in [0.25, 0.3) is 11.1 Å². The quantitative estimate of drug-likeness (QED) is 0.852. The summed E-state index contributed by atoms with van der Waals surface area (Å²) in [5.41, 5.74) is 8.60. The Morgan fingerprint density at radius 2 is 1.75 bits per heavy atom. The van der Waals surface area contributed by atoms with Crippen LogP contribution in [0.5, 0.6) is 5.75 Å². The van der Waals surface area contributed by atoms with Gasteiger partial charge in [0, 0.05) is 18.3 Å². The molecule has 0 atom stereocenters. The molecule has 2 N–H and O–H groups in total. The zero-order valence-corrected chi connectivity index (χ0v) is 9.18. The number of ether oxygens (including phenoxy) is 1. The molecule has 2 aromatic rings. The van der Waals surface area contributed by atoms with Gasteiger partial charge in [-0.1, -0.05) is 18.2 Å². The first-order valence-corrected chi connectivity index (χ1v) is 5.13. The molecule has 0 saturated heterocycles. The SMILES string of the molecule is COc1ccc(-c2ccc(CN)nc2)cc1. The number of rotatable bonds is 3. The van der Waals surface area contributed by atoms with E-state index in [0.717, 1.165) is 22.6 Å². The maximum absolute atomic E-state index is 5.50. The third-order valence-corrected chi connectivity index (χ3v) is 2.46. The number of pyridine rings is 1. The predicted molar refractivity (Wildman–Crippen MR) is 64.1 cm³/mol. The highest BCUT2D eigenvalue weighted by atomic mass is 16.5. The summed E-state index contributed by atoms with van der Waals surface area (Å²) in [6.45, 7) is 0.475. The van der Waals surface area contributed by atoms with Gasteiger partial charge in [0.25, 0.3) is 0 Å². The Labute approximate surface area is 94.9 Å². The average Bonchev–Trinajstić information content (AvgIpc) is 2.39. The van der Waals surface area contributed by atoms with Gasteiger partial charge in [-0.2, -0.15) is 0 Å². The van der Waals surface area contributed by atoms with Crippen LogP contribution in [0.2, 0.25) is 0 Å². The van der Waals surface area contributed by atoms with Crippen molar-refractivity contribution >= 4 is 0 Å². The van der Waals surface area contributed by atoms with Gasteiger partial charge in [-0.05, 0) is 23.8 Å². The van der Waals surface area contributed by atoms with Crippen molar-refractivity contribution in [3.8, 4) is 16.9 Å². The second-order valence-electron chi connectivity index (χ2n) is 3.47. The molecule has 0 amide bonds. The molecule has 2 rings (SSSR count). The first-order chi connectivity index (χ1) is 7.83. The van der Waals surface area contributed by atoms with E-state index >= 15 is 0 Å².